The van der Waals surface area contributed by atoms with Gasteiger partial charge in [-0.3, -0.25) is 9.59 Å². The Balaban J connectivity index is 4.11. The lowest BCUT2D eigenvalue weighted by molar-refractivity contribution is -0.168. The van der Waals surface area contributed by atoms with Crippen molar-refractivity contribution in [2.24, 2.45) is 5.92 Å². The second-order valence-corrected chi connectivity index (χ2v) is 6.66. The Hall–Kier alpha value is -1.44. The van der Waals surface area contributed by atoms with Crippen molar-refractivity contribution in [2.75, 3.05) is 12.3 Å². The molecule has 0 saturated heterocycles. The molecule has 0 unspecified atom stereocenters. The molecule has 0 bridgehead atoms. The summed E-state index contributed by atoms with van der Waals surface area (Å²) in [5, 5.41) is 10.8. The first kappa shape index (κ1) is 21.6. The second kappa shape index (κ2) is 12.0. The smallest absolute Gasteiger partial charge is 0.410 e. The van der Waals surface area contributed by atoms with Gasteiger partial charge in [-0.1, -0.05) is 33.6 Å². The third-order valence-electron chi connectivity index (χ3n) is 2.80. The van der Waals surface area contributed by atoms with Crippen molar-refractivity contribution < 1.29 is 29.0 Å². The van der Waals surface area contributed by atoms with E-state index in [4.69, 9.17) is 14.6 Å². The fourth-order valence-corrected chi connectivity index (χ4v) is 2.49. The number of hydrogen-bond donors (Lipinski definition) is 2. The fraction of sp³-hybridized carbons (Fsp3) is 0.800. The molecule has 0 aliphatic carbocycles. The average Bonchev–Trinajstić information content (AvgIpc) is 2.45. The number of hydrogen-bond acceptors (Lipinski definition) is 6. The first-order chi connectivity index (χ1) is 10.8. The maximum atomic E-state index is 11.6. The number of alkyl carbamates (subject to hydrolysis) is 1. The van der Waals surface area contributed by atoms with Crippen LogP contribution < -0.4 is 5.32 Å². The molecule has 0 aromatic heterocycles. The molecule has 2 N–H and O–H groups in total. The van der Waals surface area contributed by atoms with Crippen LogP contribution in [0, 0.1) is 5.92 Å². The molecule has 0 aromatic rings. The number of nitrogens with one attached hydrogen (secondary N) is 1. The highest BCUT2D eigenvalue weighted by Crippen LogP contribution is 2.14. The zero-order chi connectivity index (χ0) is 17.8. The number of unbranched alkanes of at least 4 members (excludes halogenated alkanes) is 2. The summed E-state index contributed by atoms with van der Waals surface area (Å²) in [7, 11) is 0. The third kappa shape index (κ3) is 10.8. The molecular weight excluding hydrogens is 322 g/mol. The van der Waals surface area contributed by atoms with Crippen LogP contribution in [0.3, 0.4) is 0 Å². The molecule has 134 valence electrons. The Morgan fingerprint density at radius 2 is 1.78 bits per heavy atom. The van der Waals surface area contributed by atoms with Gasteiger partial charge in [-0.05, 0) is 12.2 Å². The van der Waals surface area contributed by atoms with Crippen molar-refractivity contribution in [3.8, 4) is 0 Å². The van der Waals surface area contributed by atoms with Crippen molar-refractivity contribution in [1.29, 1.82) is 0 Å². The van der Waals surface area contributed by atoms with Gasteiger partial charge in [-0.25, -0.2) is 4.79 Å². The lowest BCUT2D eigenvalue weighted by atomic mass is 10.2. The molecule has 7 nitrogen and oxygen atoms in total. The second-order valence-electron chi connectivity index (χ2n) is 5.35. The highest BCUT2D eigenvalue weighted by molar-refractivity contribution is 8.00. The van der Waals surface area contributed by atoms with Gasteiger partial charge in [0.2, 0.25) is 6.29 Å². The Kier molecular flexibility index (Phi) is 11.3. The number of esters is 1. The first-order valence-electron chi connectivity index (χ1n) is 7.77. The molecule has 0 saturated carbocycles. The zero-order valence-electron chi connectivity index (χ0n) is 14.2. The number of ether oxygens (including phenoxy) is 2. The number of carboxylic acid groups (broad SMARTS) is 1. The van der Waals surface area contributed by atoms with Gasteiger partial charge < -0.3 is 19.9 Å². The summed E-state index contributed by atoms with van der Waals surface area (Å²) < 4.78 is 9.73. The molecule has 0 spiro atoms. The van der Waals surface area contributed by atoms with Crippen molar-refractivity contribution in [3.63, 3.8) is 0 Å². The van der Waals surface area contributed by atoms with Crippen LogP contribution in [0.5, 0.6) is 0 Å². The van der Waals surface area contributed by atoms with Crippen LogP contribution >= 0.6 is 11.8 Å². The number of amides is 1. The maximum absolute atomic E-state index is 11.6. The van der Waals surface area contributed by atoms with Crippen LogP contribution in [0.2, 0.25) is 0 Å². The Labute approximate surface area is 141 Å². The van der Waals surface area contributed by atoms with Gasteiger partial charge >= 0.3 is 18.0 Å². The van der Waals surface area contributed by atoms with Gasteiger partial charge in [-0.15, -0.1) is 11.8 Å². The van der Waals surface area contributed by atoms with Crippen LogP contribution in [-0.2, 0) is 19.1 Å². The minimum Gasteiger partial charge on any atom is -0.480 e. The minimum absolute atomic E-state index is 0.0458. The van der Waals surface area contributed by atoms with Gasteiger partial charge in [0.15, 0.2) is 0 Å². The molecule has 0 aliphatic heterocycles. The van der Waals surface area contributed by atoms with Gasteiger partial charge in [0, 0.05) is 13.5 Å². The van der Waals surface area contributed by atoms with E-state index in [1.165, 1.54) is 18.7 Å². The van der Waals surface area contributed by atoms with E-state index in [1.807, 2.05) is 0 Å². The summed E-state index contributed by atoms with van der Waals surface area (Å²) >= 11 is 1.29. The molecule has 0 fully saturated rings. The summed E-state index contributed by atoms with van der Waals surface area (Å²) in [6.45, 7) is 6.79. The summed E-state index contributed by atoms with van der Waals surface area (Å²) in [5.74, 6) is -1.05. The van der Waals surface area contributed by atoms with Crippen LogP contribution in [0.25, 0.3) is 0 Å². The van der Waals surface area contributed by atoms with Gasteiger partial charge in [0.1, 0.15) is 5.25 Å². The Bertz CT molecular complexity index is 388. The standard InChI is InChI=1S/C15H27NO6S/c1-5-6-7-8-23-12(13(17)18)9-16-15(20)22-11(4)21-14(19)10(2)3/h10-12H,5-9H2,1-4H3,(H,16,20)(H,17,18)/t11-,12+/m1/s1. The topological polar surface area (TPSA) is 102 Å². The molecule has 0 heterocycles. The number of carbonyl (C=O) groups is 3. The fourth-order valence-electron chi connectivity index (χ4n) is 1.49. The van der Waals surface area contributed by atoms with E-state index < -0.39 is 29.6 Å². The third-order valence-corrected chi connectivity index (χ3v) is 4.10. The molecule has 23 heavy (non-hydrogen) atoms. The number of aliphatic carboxylic acids is 1. The van der Waals surface area contributed by atoms with Crippen LogP contribution in [0.4, 0.5) is 4.79 Å². The van der Waals surface area contributed by atoms with E-state index in [9.17, 15) is 14.4 Å². The van der Waals surface area contributed by atoms with Crippen molar-refractivity contribution in [3.05, 3.63) is 0 Å². The van der Waals surface area contributed by atoms with E-state index in [-0.39, 0.29) is 12.5 Å². The lowest BCUT2D eigenvalue weighted by Crippen LogP contribution is -2.37. The number of thioether (sulfide) groups is 1. The Morgan fingerprint density at radius 1 is 1.13 bits per heavy atom. The summed E-state index contributed by atoms with van der Waals surface area (Å²) in [4.78, 5) is 34.1. The van der Waals surface area contributed by atoms with Crippen LogP contribution in [0.1, 0.15) is 47.0 Å². The SMILES string of the molecule is CCCCCS[C@@H](CNC(=O)O[C@H](C)OC(=O)C(C)C)C(=O)O. The first-order valence-corrected chi connectivity index (χ1v) is 8.82. The highest BCUT2D eigenvalue weighted by Gasteiger charge is 2.21. The average molecular weight is 349 g/mol. The Morgan fingerprint density at radius 3 is 2.30 bits per heavy atom. The number of carbonyl (C=O) groups excluding carboxylic acids is 2. The summed E-state index contributed by atoms with van der Waals surface area (Å²) in [6, 6.07) is 0. The molecule has 2 atom stereocenters. The monoisotopic (exact) mass is 349 g/mol. The van der Waals surface area contributed by atoms with Crippen LogP contribution in [0.15, 0.2) is 0 Å². The van der Waals surface area contributed by atoms with E-state index >= 15 is 0 Å². The van der Waals surface area contributed by atoms with Crippen molar-refractivity contribution >= 4 is 29.8 Å². The molecule has 0 radical (unpaired) electrons. The summed E-state index contributed by atoms with van der Waals surface area (Å²) in [5.41, 5.74) is 0. The molecule has 1 amide bonds. The molecule has 0 rings (SSSR count). The normalized spacial score (nSPS) is 13.3. The summed E-state index contributed by atoms with van der Waals surface area (Å²) in [6.07, 6.45) is 1.22. The molecule has 8 heteroatoms. The quantitative estimate of drug-likeness (QED) is 0.336. The highest BCUT2D eigenvalue weighted by atomic mass is 32.2. The molecule has 0 aromatic carbocycles. The van der Waals surface area contributed by atoms with Gasteiger partial charge in [-0.2, -0.15) is 0 Å². The largest absolute Gasteiger partial charge is 0.480 e. The molecule has 0 aliphatic rings. The lowest BCUT2D eigenvalue weighted by Gasteiger charge is -2.17. The molecular formula is C15H27NO6S. The number of carboxylic acids is 1. The maximum Gasteiger partial charge on any atom is 0.410 e. The predicted molar refractivity (Wildman–Crippen MR) is 88.3 cm³/mol. The van der Waals surface area contributed by atoms with Crippen molar-refractivity contribution in [2.45, 2.75) is 58.5 Å². The predicted octanol–water partition coefficient (Wildman–Crippen LogP) is 2.63. The van der Waals surface area contributed by atoms with Gasteiger partial charge in [0.25, 0.3) is 0 Å². The van der Waals surface area contributed by atoms with E-state index in [0.717, 1.165) is 25.0 Å². The van der Waals surface area contributed by atoms with E-state index in [0.29, 0.717) is 0 Å². The zero-order valence-corrected chi connectivity index (χ0v) is 15.0. The van der Waals surface area contributed by atoms with Crippen molar-refractivity contribution in [1.82, 2.24) is 5.32 Å². The van der Waals surface area contributed by atoms with E-state index in [2.05, 4.69) is 12.2 Å². The van der Waals surface area contributed by atoms with Crippen LogP contribution in [-0.4, -0.2) is 47.0 Å². The van der Waals surface area contributed by atoms with E-state index in [1.54, 1.807) is 13.8 Å². The van der Waals surface area contributed by atoms with Gasteiger partial charge in [0.05, 0.1) is 5.92 Å². The number of rotatable bonds is 11. The minimum atomic E-state index is -1.02.